The number of nitrogens with zero attached hydrogens (tertiary/aromatic N) is 1. The van der Waals surface area contributed by atoms with Crippen LogP contribution in [-0.2, 0) is 4.79 Å². The minimum absolute atomic E-state index is 0.0614. The lowest BCUT2D eigenvalue weighted by molar-refractivity contribution is -0.192. The molecule has 4 aromatic carbocycles. The van der Waals surface area contributed by atoms with Crippen LogP contribution in [0.3, 0.4) is 0 Å². The van der Waals surface area contributed by atoms with Crippen LogP contribution < -0.4 is 9.47 Å². The number of ether oxygens (including phenoxy) is 2. The summed E-state index contributed by atoms with van der Waals surface area (Å²) in [7, 11) is 0. The number of phenols is 1. The van der Waals surface area contributed by atoms with Crippen LogP contribution in [0.25, 0.3) is 21.9 Å². The molecule has 1 aliphatic heterocycles. The van der Waals surface area contributed by atoms with E-state index in [4.69, 9.17) is 19.4 Å². The van der Waals surface area contributed by atoms with Crippen LogP contribution in [0.15, 0.2) is 66.7 Å². The van der Waals surface area contributed by atoms with Gasteiger partial charge in [0.15, 0.2) is 17.5 Å². The summed E-state index contributed by atoms with van der Waals surface area (Å²) in [5.41, 5.74) is 0.128. The van der Waals surface area contributed by atoms with Crippen LogP contribution in [0, 0.1) is 17.5 Å². The molecule has 1 heterocycles. The Hall–Kier alpha value is -4.45. The molecule has 0 radical (unpaired) electrons. The third kappa shape index (κ3) is 8.10. The summed E-state index contributed by atoms with van der Waals surface area (Å²) in [4.78, 5) is 11.3. The fourth-order valence-corrected chi connectivity index (χ4v) is 4.54. The van der Waals surface area contributed by atoms with E-state index in [1.54, 1.807) is 48.5 Å². The normalized spacial score (nSPS) is 13.7. The van der Waals surface area contributed by atoms with Crippen molar-refractivity contribution >= 4 is 16.7 Å². The van der Waals surface area contributed by atoms with E-state index in [-0.39, 0.29) is 22.6 Å². The molecule has 228 valence electrons. The maximum absolute atomic E-state index is 14.7. The molecule has 6 nitrogen and oxygen atoms in total. The fourth-order valence-electron chi connectivity index (χ4n) is 4.54. The molecular weight excluding hydrogens is 580 g/mol. The molecular formula is C31H27F6NO5. The van der Waals surface area contributed by atoms with E-state index in [1.165, 1.54) is 31.4 Å². The molecule has 0 spiro atoms. The van der Waals surface area contributed by atoms with Crippen molar-refractivity contribution in [2.24, 2.45) is 0 Å². The Labute approximate surface area is 242 Å². The minimum Gasteiger partial charge on any atom is -0.508 e. The number of piperidine rings is 1. The number of aliphatic carboxylic acids is 1. The van der Waals surface area contributed by atoms with Gasteiger partial charge in [0.2, 0.25) is 0 Å². The zero-order chi connectivity index (χ0) is 31.1. The summed E-state index contributed by atoms with van der Waals surface area (Å²) in [6.07, 6.45) is -1.33. The number of carboxylic acid groups (broad SMARTS) is 1. The Morgan fingerprint density at radius 1 is 0.814 bits per heavy atom. The Balaban J connectivity index is 0.000000541. The van der Waals surface area contributed by atoms with Gasteiger partial charge in [0, 0.05) is 23.1 Å². The first-order chi connectivity index (χ1) is 20.4. The average Bonchev–Trinajstić information content (AvgIpc) is 2.98. The second-order valence-corrected chi connectivity index (χ2v) is 9.70. The van der Waals surface area contributed by atoms with Crippen LogP contribution in [0.5, 0.6) is 23.0 Å². The van der Waals surface area contributed by atoms with Gasteiger partial charge < -0.3 is 19.7 Å². The first-order valence-corrected chi connectivity index (χ1v) is 13.3. The number of carbonyl (C=O) groups is 1. The van der Waals surface area contributed by atoms with Gasteiger partial charge in [0.05, 0.1) is 0 Å². The molecule has 1 saturated heterocycles. The first-order valence-electron chi connectivity index (χ1n) is 13.3. The third-order valence-corrected chi connectivity index (χ3v) is 6.69. The Morgan fingerprint density at radius 3 is 2.09 bits per heavy atom. The number of alkyl halides is 3. The topological polar surface area (TPSA) is 79.2 Å². The van der Waals surface area contributed by atoms with Crippen molar-refractivity contribution in [3.05, 3.63) is 84.2 Å². The molecule has 4 aromatic rings. The van der Waals surface area contributed by atoms with Crippen molar-refractivity contribution in [1.82, 2.24) is 4.90 Å². The van der Waals surface area contributed by atoms with Gasteiger partial charge in [-0.15, -0.1) is 0 Å². The van der Waals surface area contributed by atoms with Crippen LogP contribution >= 0.6 is 0 Å². The summed E-state index contributed by atoms with van der Waals surface area (Å²) in [5, 5.41) is 18.2. The van der Waals surface area contributed by atoms with Crippen LogP contribution in [-0.4, -0.2) is 53.5 Å². The average molecular weight is 608 g/mol. The number of hydrogen-bond donors (Lipinski definition) is 2. The lowest BCUT2D eigenvalue weighted by atomic mass is 9.98. The molecule has 12 heteroatoms. The molecule has 0 bridgehead atoms. The van der Waals surface area contributed by atoms with Gasteiger partial charge in [-0.3, -0.25) is 4.90 Å². The van der Waals surface area contributed by atoms with Crippen molar-refractivity contribution in [2.45, 2.75) is 25.4 Å². The van der Waals surface area contributed by atoms with E-state index in [0.717, 1.165) is 25.7 Å². The highest BCUT2D eigenvalue weighted by Crippen LogP contribution is 2.42. The van der Waals surface area contributed by atoms with Crippen LogP contribution in [0.1, 0.15) is 19.3 Å². The summed E-state index contributed by atoms with van der Waals surface area (Å²) >= 11 is 0. The van der Waals surface area contributed by atoms with Gasteiger partial charge in [0.25, 0.3) is 0 Å². The molecule has 1 fully saturated rings. The van der Waals surface area contributed by atoms with Gasteiger partial charge in [-0.1, -0.05) is 12.5 Å². The molecule has 0 aromatic heterocycles. The number of rotatable bonds is 7. The number of hydrogen-bond acceptors (Lipinski definition) is 5. The van der Waals surface area contributed by atoms with Gasteiger partial charge >= 0.3 is 12.1 Å². The molecule has 0 atom stereocenters. The number of likely N-dealkylation sites (tertiary alicyclic amines) is 1. The maximum atomic E-state index is 14.7. The minimum atomic E-state index is -5.08. The van der Waals surface area contributed by atoms with Crippen molar-refractivity contribution in [3.8, 4) is 34.1 Å². The van der Waals surface area contributed by atoms with Crippen molar-refractivity contribution in [3.63, 3.8) is 0 Å². The van der Waals surface area contributed by atoms with Gasteiger partial charge in [-0.25, -0.2) is 18.0 Å². The number of fused-ring (bicyclic) bond motifs is 1. The maximum Gasteiger partial charge on any atom is 0.490 e. The summed E-state index contributed by atoms with van der Waals surface area (Å²) in [6.45, 7) is 3.69. The molecule has 0 unspecified atom stereocenters. The molecule has 0 amide bonds. The predicted molar refractivity (Wildman–Crippen MR) is 147 cm³/mol. The highest BCUT2D eigenvalue weighted by molar-refractivity contribution is 5.96. The van der Waals surface area contributed by atoms with Gasteiger partial charge in [-0.2, -0.15) is 13.2 Å². The van der Waals surface area contributed by atoms with Crippen molar-refractivity contribution < 1.29 is 50.8 Å². The number of carboxylic acids is 1. The largest absolute Gasteiger partial charge is 0.508 e. The fraction of sp³-hybridized carbons (Fsp3) is 0.258. The highest BCUT2D eigenvalue weighted by atomic mass is 19.4. The standard InChI is InChI=1S/C29H26F3NO3.C2HF3O2/c30-26-13-12-24(27(31)28(26)32)25-10-4-19-18-20(34)5-11-23(19)29(25)36-22-8-6-21(7-9-22)35-17-16-33-14-2-1-3-15-33;3-2(4,5)1(6)7/h4-13,18,34H,1-3,14-17H2;(H,6,7). The van der Waals surface area contributed by atoms with E-state index in [1.807, 2.05) is 0 Å². The highest BCUT2D eigenvalue weighted by Gasteiger charge is 2.38. The van der Waals surface area contributed by atoms with E-state index in [0.29, 0.717) is 28.9 Å². The second-order valence-electron chi connectivity index (χ2n) is 9.70. The number of benzene rings is 4. The summed E-state index contributed by atoms with van der Waals surface area (Å²) in [5.74, 6) is -5.38. The zero-order valence-corrected chi connectivity index (χ0v) is 22.6. The van der Waals surface area contributed by atoms with E-state index in [2.05, 4.69) is 4.90 Å². The molecule has 5 rings (SSSR count). The van der Waals surface area contributed by atoms with Crippen molar-refractivity contribution in [1.29, 1.82) is 0 Å². The summed E-state index contributed by atoms with van der Waals surface area (Å²) < 4.78 is 86.1. The molecule has 0 aliphatic carbocycles. The molecule has 2 N–H and O–H groups in total. The quantitative estimate of drug-likeness (QED) is 0.164. The second kappa shape index (κ2) is 13.7. The first kappa shape index (κ1) is 31.5. The van der Waals surface area contributed by atoms with Crippen molar-refractivity contribution in [2.75, 3.05) is 26.2 Å². The number of aromatic hydroxyl groups is 1. The number of halogens is 6. The van der Waals surface area contributed by atoms with E-state index >= 15 is 0 Å². The van der Waals surface area contributed by atoms with Crippen LogP contribution in [0.2, 0.25) is 0 Å². The lowest BCUT2D eigenvalue weighted by Gasteiger charge is -2.26. The third-order valence-electron chi connectivity index (χ3n) is 6.69. The van der Waals surface area contributed by atoms with Gasteiger partial charge in [0.1, 0.15) is 29.6 Å². The Morgan fingerprint density at radius 2 is 1.44 bits per heavy atom. The molecule has 0 saturated carbocycles. The molecule has 1 aliphatic rings. The smallest absolute Gasteiger partial charge is 0.490 e. The summed E-state index contributed by atoms with van der Waals surface area (Å²) in [6, 6.07) is 17.0. The predicted octanol–water partition coefficient (Wildman–Crippen LogP) is 7.92. The molecule has 43 heavy (non-hydrogen) atoms. The lowest BCUT2D eigenvalue weighted by Crippen LogP contribution is -2.33. The monoisotopic (exact) mass is 607 g/mol. The Bertz CT molecular complexity index is 1570. The van der Waals surface area contributed by atoms with Crippen LogP contribution in [0.4, 0.5) is 26.3 Å². The Kier molecular flexibility index (Phi) is 10.0. The van der Waals surface area contributed by atoms with E-state index < -0.39 is 29.6 Å². The SMILES string of the molecule is O=C(O)C(F)(F)F.Oc1ccc2c(Oc3ccc(OCCN4CCCCC4)cc3)c(-c3ccc(F)c(F)c3F)ccc2c1. The van der Waals surface area contributed by atoms with Gasteiger partial charge in [-0.05, 0) is 92.0 Å². The zero-order valence-electron chi connectivity index (χ0n) is 22.6. The van der Waals surface area contributed by atoms with E-state index in [9.17, 15) is 31.4 Å². The number of phenolic OH excluding ortho intramolecular Hbond substituents is 1.